The highest BCUT2D eigenvalue weighted by atomic mass is 16.5. The molecule has 0 spiro atoms. The Kier molecular flexibility index (Phi) is 8.10. The van der Waals surface area contributed by atoms with Gasteiger partial charge in [0.25, 0.3) is 0 Å². The molecule has 0 rings (SSSR count). The maximum Gasteiger partial charge on any atom is 0.237 e. The predicted molar refractivity (Wildman–Crippen MR) is 71.2 cm³/mol. The second-order valence-electron chi connectivity index (χ2n) is 4.86. The average molecular weight is 261 g/mol. The summed E-state index contributed by atoms with van der Waals surface area (Å²) in [5, 5.41) is 0. The summed E-state index contributed by atoms with van der Waals surface area (Å²) in [5.74, 6) is -0.478. The largest absolute Gasteiger partial charge is 0.383 e. The quantitative estimate of drug-likeness (QED) is 0.556. The van der Waals surface area contributed by atoms with E-state index in [4.69, 9.17) is 20.9 Å². The molecule has 0 aliphatic heterocycles. The first-order valence-corrected chi connectivity index (χ1v) is 6.16. The summed E-state index contributed by atoms with van der Waals surface area (Å²) in [7, 11) is 3.33. The van der Waals surface area contributed by atoms with Crippen LogP contribution < -0.4 is 11.5 Å². The Morgan fingerprint density at radius 2 is 1.94 bits per heavy atom. The summed E-state index contributed by atoms with van der Waals surface area (Å²) < 4.78 is 10.2. The highest BCUT2D eigenvalue weighted by molar-refractivity contribution is 5.83. The van der Waals surface area contributed by atoms with Crippen molar-refractivity contribution in [2.75, 3.05) is 40.5 Å². The molecule has 0 saturated carbocycles. The van der Waals surface area contributed by atoms with Crippen LogP contribution >= 0.6 is 0 Å². The van der Waals surface area contributed by atoms with Gasteiger partial charge in [-0.3, -0.25) is 9.69 Å². The zero-order valence-electron chi connectivity index (χ0n) is 11.9. The van der Waals surface area contributed by atoms with Crippen molar-refractivity contribution >= 4 is 5.91 Å². The number of nitrogens with two attached hydrogens (primary N) is 2. The minimum Gasteiger partial charge on any atom is -0.383 e. The molecule has 0 aliphatic rings. The van der Waals surface area contributed by atoms with Crippen LogP contribution in [-0.4, -0.2) is 62.9 Å². The molecule has 1 amide bonds. The topological polar surface area (TPSA) is 90.8 Å². The molecule has 0 bridgehead atoms. The summed E-state index contributed by atoms with van der Waals surface area (Å²) >= 11 is 0. The van der Waals surface area contributed by atoms with E-state index in [1.165, 1.54) is 0 Å². The fourth-order valence-electron chi connectivity index (χ4n) is 1.61. The number of hydrogen-bond donors (Lipinski definition) is 2. The molecule has 4 N–H and O–H groups in total. The lowest BCUT2D eigenvalue weighted by Crippen LogP contribution is -2.52. The molecular formula is C12H27N3O3. The van der Waals surface area contributed by atoms with Gasteiger partial charge in [0.2, 0.25) is 5.91 Å². The maximum atomic E-state index is 11.2. The van der Waals surface area contributed by atoms with Crippen LogP contribution in [0.4, 0.5) is 0 Å². The van der Waals surface area contributed by atoms with Crippen molar-refractivity contribution in [2.45, 2.75) is 31.8 Å². The number of carbonyl (C=O) groups excluding carboxylic acids is 1. The molecule has 0 aromatic carbocycles. The van der Waals surface area contributed by atoms with Gasteiger partial charge in [0.15, 0.2) is 0 Å². The third-order valence-corrected chi connectivity index (χ3v) is 3.10. The second-order valence-corrected chi connectivity index (χ2v) is 4.86. The molecule has 6 nitrogen and oxygen atoms in total. The SMILES string of the molecule is COCCN(CCC(C)(N)C(N)=O)C(C)COC. The summed E-state index contributed by atoms with van der Waals surface area (Å²) in [6.07, 6.45) is 0.514. The minimum absolute atomic E-state index is 0.244. The Morgan fingerprint density at radius 1 is 1.33 bits per heavy atom. The van der Waals surface area contributed by atoms with E-state index in [9.17, 15) is 4.79 Å². The summed E-state index contributed by atoms with van der Waals surface area (Å²) in [4.78, 5) is 13.4. The fourth-order valence-corrected chi connectivity index (χ4v) is 1.61. The third-order valence-electron chi connectivity index (χ3n) is 3.10. The van der Waals surface area contributed by atoms with Crippen molar-refractivity contribution in [1.82, 2.24) is 4.90 Å². The first-order valence-electron chi connectivity index (χ1n) is 6.16. The lowest BCUT2D eigenvalue weighted by molar-refractivity contribution is -0.123. The lowest BCUT2D eigenvalue weighted by atomic mass is 9.98. The predicted octanol–water partition coefficient (Wildman–Crippen LogP) is -0.437. The van der Waals surface area contributed by atoms with Crippen molar-refractivity contribution in [1.29, 1.82) is 0 Å². The van der Waals surface area contributed by atoms with E-state index in [2.05, 4.69) is 11.8 Å². The second kappa shape index (κ2) is 8.42. The number of carbonyl (C=O) groups is 1. The molecule has 0 aromatic rings. The number of methoxy groups -OCH3 is 2. The van der Waals surface area contributed by atoms with Crippen molar-refractivity contribution in [3.05, 3.63) is 0 Å². The average Bonchev–Trinajstić information content (AvgIpc) is 2.29. The highest BCUT2D eigenvalue weighted by Crippen LogP contribution is 2.09. The molecule has 2 unspecified atom stereocenters. The van der Waals surface area contributed by atoms with Crippen LogP contribution in [0.3, 0.4) is 0 Å². The number of hydrogen-bond acceptors (Lipinski definition) is 5. The summed E-state index contributed by atoms with van der Waals surface area (Å²) in [6.45, 7) is 6.44. The van der Waals surface area contributed by atoms with Crippen LogP contribution in [0.5, 0.6) is 0 Å². The number of amides is 1. The monoisotopic (exact) mass is 261 g/mol. The van der Waals surface area contributed by atoms with Gasteiger partial charge >= 0.3 is 0 Å². The first-order chi connectivity index (χ1) is 8.35. The van der Waals surface area contributed by atoms with E-state index in [1.54, 1.807) is 21.1 Å². The minimum atomic E-state index is -0.974. The summed E-state index contributed by atoms with van der Waals surface area (Å²) in [5.41, 5.74) is 10.1. The van der Waals surface area contributed by atoms with Crippen LogP contribution in [0, 0.1) is 0 Å². The van der Waals surface area contributed by atoms with E-state index in [0.717, 1.165) is 6.54 Å². The Hall–Kier alpha value is -0.690. The van der Waals surface area contributed by atoms with Crippen LogP contribution in [0.1, 0.15) is 20.3 Å². The Morgan fingerprint density at radius 3 is 2.39 bits per heavy atom. The normalized spacial score (nSPS) is 16.6. The zero-order valence-corrected chi connectivity index (χ0v) is 11.9. The number of ether oxygens (including phenoxy) is 2. The highest BCUT2D eigenvalue weighted by Gasteiger charge is 2.27. The van der Waals surface area contributed by atoms with Crippen molar-refractivity contribution in [3.8, 4) is 0 Å². The van der Waals surface area contributed by atoms with Gasteiger partial charge in [0, 0.05) is 33.4 Å². The first kappa shape index (κ1) is 17.3. The Labute approximate surface area is 110 Å². The van der Waals surface area contributed by atoms with Gasteiger partial charge in [-0.2, -0.15) is 0 Å². The fraction of sp³-hybridized carbons (Fsp3) is 0.917. The van der Waals surface area contributed by atoms with E-state index in [0.29, 0.717) is 26.2 Å². The van der Waals surface area contributed by atoms with Gasteiger partial charge in [0.1, 0.15) is 0 Å². The number of nitrogens with zero attached hydrogens (tertiary/aromatic N) is 1. The van der Waals surface area contributed by atoms with Crippen molar-refractivity contribution < 1.29 is 14.3 Å². The molecule has 6 heteroatoms. The van der Waals surface area contributed by atoms with Gasteiger partial charge in [-0.1, -0.05) is 0 Å². The van der Waals surface area contributed by atoms with E-state index < -0.39 is 11.4 Å². The maximum absolute atomic E-state index is 11.2. The van der Waals surface area contributed by atoms with Crippen LogP contribution in [-0.2, 0) is 14.3 Å². The zero-order chi connectivity index (χ0) is 14.2. The van der Waals surface area contributed by atoms with Gasteiger partial charge < -0.3 is 20.9 Å². The Bertz CT molecular complexity index is 247. The van der Waals surface area contributed by atoms with Crippen LogP contribution in [0.15, 0.2) is 0 Å². The third kappa shape index (κ3) is 6.30. The van der Waals surface area contributed by atoms with Gasteiger partial charge in [-0.15, -0.1) is 0 Å². The molecule has 0 fully saturated rings. The van der Waals surface area contributed by atoms with E-state index in [1.807, 2.05) is 0 Å². The molecule has 0 aliphatic carbocycles. The van der Waals surface area contributed by atoms with E-state index >= 15 is 0 Å². The molecule has 18 heavy (non-hydrogen) atoms. The smallest absolute Gasteiger partial charge is 0.237 e. The Balaban J connectivity index is 4.35. The molecule has 0 radical (unpaired) electrons. The van der Waals surface area contributed by atoms with Crippen LogP contribution in [0.2, 0.25) is 0 Å². The molecule has 0 aromatic heterocycles. The van der Waals surface area contributed by atoms with Gasteiger partial charge in [-0.25, -0.2) is 0 Å². The van der Waals surface area contributed by atoms with E-state index in [-0.39, 0.29) is 6.04 Å². The van der Waals surface area contributed by atoms with Crippen molar-refractivity contribution in [2.24, 2.45) is 11.5 Å². The van der Waals surface area contributed by atoms with Gasteiger partial charge in [-0.05, 0) is 20.3 Å². The number of primary amides is 1. The molecule has 108 valence electrons. The van der Waals surface area contributed by atoms with Gasteiger partial charge in [0.05, 0.1) is 18.8 Å². The molecule has 2 atom stereocenters. The molecular weight excluding hydrogens is 234 g/mol. The number of rotatable bonds is 10. The van der Waals surface area contributed by atoms with Crippen molar-refractivity contribution in [3.63, 3.8) is 0 Å². The standard InChI is InChI=1S/C12H27N3O3/c1-10(9-18-4)15(7-8-17-3)6-5-12(2,14)11(13)16/h10H,5-9,14H2,1-4H3,(H2,13,16). The molecule has 0 saturated heterocycles. The summed E-state index contributed by atoms with van der Waals surface area (Å²) in [6, 6.07) is 0.244. The molecule has 0 heterocycles. The lowest BCUT2D eigenvalue weighted by Gasteiger charge is -2.31. The van der Waals surface area contributed by atoms with Crippen LogP contribution in [0.25, 0.3) is 0 Å².